The molecule has 1 heterocycles. The number of benzene rings is 2. The fourth-order valence-corrected chi connectivity index (χ4v) is 3.93. The van der Waals surface area contributed by atoms with Crippen LogP contribution in [-0.4, -0.2) is 26.8 Å². The molecule has 0 aliphatic heterocycles. The number of carboxylic acid groups (broad SMARTS) is 1. The maximum atomic E-state index is 13.3. The lowest BCUT2D eigenvalue weighted by atomic mass is 10.1. The lowest BCUT2D eigenvalue weighted by Crippen LogP contribution is -2.20. The smallest absolute Gasteiger partial charge is 0.417 e. The van der Waals surface area contributed by atoms with Crippen LogP contribution in [0.3, 0.4) is 0 Å². The third kappa shape index (κ3) is 3.41. The average Bonchev–Trinajstić information content (AvgIpc) is 2.90. The molecule has 140 valence electrons. The van der Waals surface area contributed by atoms with E-state index in [0.717, 1.165) is 16.8 Å². The lowest BCUT2D eigenvalue weighted by molar-refractivity contribution is -0.137. The monoisotopic (exact) mass is 508 g/mol. The molecule has 3 rings (SSSR count). The van der Waals surface area contributed by atoms with Crippen LogP contribution in [0, 0.1) is 10.6 Å². The fraction of sp³-hybridized carbons (Fsp3) is 0.118. The normalized spacial score (nSPS) is 11.8. The number of nitrogens with zero attached hydrogens (tertiary/aromatic N) is 2. The number of carbonyl (C=O) groups excluding carboxylic acids is 1. The van der Waals surface area contributed by atoms with Crippen molar-refractivity contribution in [1.82, 2.24) is 9.78 Å². The molecule has 0 unspecified atom stereocenters. The van der Waals surface area contributed by atoms with Gasteiger partial charge >= 0.3 is 12.1 Å². The molecule has 0 atom stereocenters. The number of aromatic nitrogens is 2. The number of aryl methyl sites for hydroxylation is 1. The molecule has 3 aromatic rings. The maximum Gasteiger partial charge on any atom is 0.417 e. The largest absolute Gasteiger partial charge is 0.478 e. The first-order chi connectivity index (χ1) is 12.5. The van der Waals surface area contributed by atoms with Gasteiger partial charge < -0.3 is 5.11 Å². The van der Waals surface area contributed by atoms with Crippen LogP contribution in [0.1, 0.15) is 31.8 Å². The zero-order valence-corrected chi connectivity index (χ0v) is 16.3. The number of carboxylic acids is 1. The number of halogens is 5. The van der Waals surface area contributed by atoms with Gasteiger partial charge in [0.1, 0.15) is 3.70 Å². The molecule has 0 radical (unpaired) electrons. The standard InChI is InChI=1S/C17H9ClF3IN2O3/c1-7-5-8(16(26)27)6-11-12(7)14(22)23-24(11)15(25)13-9(17(19,20)21)3-2-4-10(13)18/h2-6H,1H3,(H,26,27). The van der Waals surface area contributed by atoms with Crippen molar-refractivity contribution in [3.05, 3.63) is 61.3 Å². The number of fused-ring (bicyclic) bond motifs is 1. The Morgan fingerprint density at radius 3 is 2.52 bits per heavy atom. The van der Waals surface area contributed by atoms with Crippen molar-refractivity contribution in [3.8, 4) is 0 Å². The van der Waals surface area contributed by atoms with Gasteiger partial charge in [-0.1, -0.05) is 17.7 Å². The van der Waals surface area contributed by atoms with E-state index in [9.17, 15) is 27.9 Å². The van der Waals surface area contributed by atoms with Crippen LogP contribution in [0.5, 0.6) is 0 Å². The Hall–Kier alpha value is -2.14. The predicted molar refractivity (Wildman–Crippen MR) is 100 cm³/mol. The summed E-state index contributed by atoms with van der Waals surface area (Å²) in [4.78, 5) is 24.2. The van der Waals surface area contributed by atoms with Crippen LogP contribution in [-0.2, 0) is 6.18 Å². The van der Waals surface area contributed by atoms with E-state index in [0.29, 0.717) is 14.7 Å². The molecule has 1 N–H and O–H groups in total. The molecule has 0 aliphatic carbocycles. The molecule has 0 amide bonds. The summed E-state index contributed by atoms with van der Waals surface area (Å²) in [6.45, 7) is 1.63. The molecule has 2 aromatic carbocycles. The van der Waals surface area contributed by atoms with E-state index in [2.05, 4.69) is 5.10 Å². The van der Waals surface area contributed by atoms with E-state index in [1.807, 2.05) is 22.6 Å². The highest BCUT2D eigenvalue weighted by Crippen LogP contribution is 2.36. The van der Waals surface area contributed by atoms with Crippen molar-refractivity contribution in [3.63, 3.8) is 0 Å². The Morgan fingerprint density at radius 1 is 1.26 bits per heavy atom. The SMILES string of the molecule is Cc1cc(C(=O)O)cc2c1c(I)nn2C(=O)c1c(Cl)cccc1C(F)(F)F. The highest BCUT2D eigenvalue weighted by molar-refractivity contribution is 14.1. The summed E-state index contributed by atoms with van der Waals surface area (Å²) in [5.41, 5.74) is -1.42. The third-order valence-corrected chi connectivity index (χ3v) is 4.98. The van der Waals surface area contributed by atoms with Crippen LogP contribution < -0.4 is 0 Å². The van der Waals surface area contributed by atoms with Crippen LogP contribution >= 0.6 is 34.2 Å². The molecule has 0 spiro atoms. The molecule has 0 aliphatic rings. The van der Waals surface area contributed by atoms with Crippen molar-refractivity contribution < 1.29 is 27.9 Å². The van der Waals surface area contributed by atoms with Gasteiger partial charge in [-0.25, -0.2) is 4.79 Å². The summed E-state index contributed by atoms with van der Waals surface area (Å²) in [6.07, 6.45) is -4.80. The van der Waals surface area contributed by atoms with E-state index in [-0.39, 0.29) is 16.1 Å². The van der Waals surface area contributed by atoms with Crippen LogP contribution in [0.4, 0.5) is 13.2 Å². The predicted octanol–water partition coefficient (Wildman–Crippen LogP) is 5.01. The van der Waals surface area contributed by atoms with Crippen molar-refractivity contribution in [2.45, 2.75) is 13.1 Å². The molecular formula is C17H9ClF3IN2O3. The van der Waals surface area contributed by atoms with Gasteiger partial charge in [-0.05, 0) is 59.3 Å². The van der Waals surface area contributed by atoms with Gasteiger partial charge in [0.05, 0.1) is 27.2 Å². The van der Waals surface area contributed by atoms with E-state index in [1.165, 1.54) is 18.2 Å². The van der Waals surface area contributed by atoms with E-state index < -0.39 is 29.2 Å². The van der Waals surface area contributed by atoms with E-state index in [4.69, 9.17) is 11.6 Å². The van der Waals surface area contributed by atoms with Gasteiger partial charge in [0, 0.05) is 5.39 Å². The van der Waals surface area contributed by atoms with Crippen LogP contribution in [0.2, 0.25) is 5.02 Å². The fourth-order valence-electron chi connectivity index (χ4n) is 2.76. The minimum absolute atomic E-state index is 0.0924. The van der Waals surface area contributed by atoms with Crippen molar-refractivity contribution in [1.29, 1.82) is 0 Å². The Labute approximate surface area is 168 Å². The molecule has 5 nitrogen and oxygen atoms in total. The number of hydrogen-bond donors (Lipinski definition) is 1. The summed E-state index contributed by atoms with van der Waals surface area (Å²) in [5.74, 6) is -2.33. The summed E-state index contributed by atoms with van der Waals surface area (Å²) in [7, 11) is 0. The van der Waals surface area contributed by atoms with Crippen molar-refractivity contribution in [2.75, 3.05) is 0 Å². The highest BCUT2D eigenvalue weighted by Gasteiger charge is 2.37. The second-order valence-corrected chi connectivity index (χ2v) is 7.09. The van der Waals surface area contributed by atoms with Crippen molar-refractivity contribution >= 4 is 57.0 Å². The van der Waals surface area contributed by atoms with Gasteiger partial charge in [0.2, 0.25) is 0 Å². The summed E-state index contributed by atoms with van der Waals surface area (Å²) in [6, 6.07) is 5.62. The average molecular weight is 509 g/mol. The van der Waals surface area contributed by atoms with Crippen LogP contribution in [0.15, 0.2) is 30.3 Å². The third-order valence-electron chi connectivity index (χ3n) is 3.91. The molecule has 0 saturated carbocycles. The summed E-state index contributed by atoms with van der Waals surface area (Å²) in [5, 5.41) is 13.4. The lowest BCUT2D eigenvalue weighted by Gasteiger charge is -2.13. The van der Waals surface area contributed by atoms with Gasteiger partial charge in [0.15, 0.2) is 0 Å². The Balaban J connectivity index is 2.32. The van der Waals surface area contributed by atoms with Gasteiger partial charge in [-0.15, -0.1) is 0 Å². The number of alkyl halides is 3. The zero-order chi connectivity index (χ0) is 20.1. The van der Waals surface area contributed by atoms with Gasteiger partial charge in [0.25, 0.3) is 5.91 Å². The van der Waals surface area contributed by atoms with E-state index >= 15 is 0 Å². The molecule has 0 saturated heterocycles. The molecular weight excluding hydrogens is 500 g/mol. The maximum absolute atomic E-state index is 13.3. The molecule has 0 fully saturated rings. The van der Waals surface area contributed by atoms with Gasteiger partial charge in [-0.3, -0.25) is 4.79 Å². The molecule has 1 aromatic heterocycles. The Bertz CT molecular complexity index is 1110. The van der Waals surface area contributed by atoms with Gasteiger partial charge in [-0.2, -0.15) is 23.0 Å². The number of rotatable bonds is 2. The number of hydrogen-bond acceptors (Lipinski definition) is 3. The first-order valence-corrected chi connectivity index (χ1v) is 8.80. The quantitative estimate of drug-likeness (QED) is 0.494. The Kier molecular flexibility index (Phi) is 4.93. The number of carbonyl (C=O) groups is 2. The number of aromatic carboxylic acids is 1. The Morgan fingerprint density at radius 2 is 1.93 bits per heavy atom. The first-order valence-electron chi connectivity index (χ1n) is 7.35. The second-order valence-electron chi connectivity index (χ2n) is 5.66. The molecule has 27 heavy (non-hydrogen) atoms. The molecule has 0 bridgehead atoms. The first kappa shape index (κ1) is 19.6. The molecule has 10 heteroatoms. The van der Waals surface area contributed by atoms with E-state index in [1.54, 1.807) is 6.92 Å². The summed E-state index contributed by atoms with van der Waals surface area (Å²) >= 11 is 7.73. The minimum Gasteiger partial charge on any atom is -0.478 e. The van der Waals surface area contributed by atoms with Crippen LogP contribution in [0.25, 0.3) is 10.9 Å². The van der Waals surface area contributed by atoms with Crippen molar-refractivity contribution in [2.24, 2.45) is 0 Å². The minimum atomic E-state index is -4.80. The highest BCUT2D eigenvalue weighted by atomic mass is 127. The zero-order valence-electron chi connectivity index (χ0n) is 13.4. The second kappa shape index (κ2) is 6.79. The topological polar surface area (TPSA) is 72.2 Å². The summed E-state index contributed by atoms with van der Waals surface area (Å²) < 4.78 is 41.1.